The number of rotatable bonds is 4. The summed E-state index contributed by atoms with van der Waals surface area (Å²) in [5.74, 6) is 0.764. The van der Waals surface area contributed by atoms with E-state index in [1.54, 1.807) is 6.07 Å². The minimum absolute atomic E-state index is 0.0749. The highest BCUT2D eigenvalue weighted by Gasteiger charge is 2.21. The molecule has 1 saturated heterocycles. The van der Waals surface area contributed by atoms with Gasteiger partial charge in [-0.1, -0.05) is 30.7 Å². The molecule has 29 heavy (non-hydrogen) atoms. The van der Waals surface area contributed by atoms with Crippen molar-refractivity contribution in [3.05, 3.63) is 64.2 Å². The van der Waals surface area contributed by atoms with Crippen molar-refractivity contribution < 1.29 is 9.59 Å². The van der Waals surface area contributed by atoms with E-state index in [0.717, 1.165) is 42.6 Å². The van der Waals surface area contributed by atoms with Crippen LogP contribution in [0.2, 0.25) is 0 Å². The van der Waals surface area contributed by atoms with E-state index >= 15 is 0 Å². The number of anilines is 1. The van der Waals surface area contributed by atoms with Gasteiger partial charge in [-0.3, -0.25) is 4.79 Å². The summed E-state index contributed by atoms with van der Waals surface area (Å²) >= 11 is 0. The average molecular weight is 394 g/mol. The molecule has 2 aromatic rings. The first-order valence-corrected chi connectivity index (χ1v) is 10.3. The van der Waals surface area contributed by atoms with E-state index in [1.807, 2.05) is 43.0 Å². The van der Waals surface area contributed by atoms with E-state index < -0.39 is 0 Å². The lowest BCUT2D eigenvalue weighted by Crippen LogP contribution is -2.37. The van der Waals surface area contributed by atoms with Crippen LogP contribution in [0.5, 0.6) is 0 Å². The zero-order chi connectivity index (χ0) is 21.0. The normalized spacial score (nSPS) is 14.6. The molecule has 2 aromatic carbocycles. The number of carbonyl (C=O) groups is 2. The van der Waals surface area contributed by atoms with Crippen LogP contribution in [0.4, 0.5) is 10.5 Å². The van der Waals surface area contributed by atoms with Crippen LogP contribution in [0.3, 0.4) is 0 Å². The maximum absolute atomic E-state index is 12.7. The summed E-state index contributed by atoms with van der Waals surface area (Å²) in [4.78, 5) is 27.0. The Balaban J connectivity index is 1.58. The van der Waals surface area contributed by atoms with E-state index in [9.17, 15) is 9.59 Å². The van der Waals surface area contributed by atoms with Crippen LogP contribution in [0, 0.1) is 26.7 Å². The molecule has 5 nitrogen and oxygen atoms in total. The molecule has 154 valence electrons. The molecule has 5 heteroatoms. The number of amides is 3. The van der Waals surface area contributed by atoms with Crippen molar-refractivity contribution in [2.75, 3.05) is 18.4 Å². The van der Waals surface area contributed by atoms with Gasteiger partial charge in [0.25, 0.3) is 5.91 Å². The van der Waals surface area contributed by atoms with Crippen molar-refractivity contribution >= 4 is 17.6 Å². The second kappa shape index (κ2) is 9.12. The third-order valence-corrected chi connectivity index (χ3v) is 5.73. The molecule has 0 radical (unpaired) electrons. The number of nitrogens with one attached hydrogen (secondary N) is 2. The number of aryl methyl sites for hydroxylation is 3. The number of urea groups is 1. The van der Waals surface area contributed by atoms with Gasteiger partial charge in [0.05, 0.1) is 0 Å². The highest BCUT2D eigenvalue weighted by molar-refractivity contribution is 5.96. The molecule has 1 aliphatic heterocycles. The molecule has 3 amide bonds. The maximum atomic E-state index is 12.7. The number of nitrogens with zero attached hydrogens (tertiary/aromatic N) is 1. The fourth-order valence-electron chi connectivity index (χ4n) is 3.72. The molecule has 1 fully saturated rings. The summed E-state index contributed by atoms with van der Waals surface area (Å²) in [5, 5.41) is 5.79. The fourth-order valence-corrected chi connectivity index (χ4v) is 3.72. The molecular formula is C24H31N3O2. The van der Waals surface area contributed by atoms with E-state index in [0.29, 0.717) is 23.7 Å². The van der Waals surface area contributed by atoms with E-state index in [-0.39, 0.29) is 11.9 Å². The number of piperidine rings is 1. The largest absolute Gasteiger partial charge is 0.339 e. The van der Waals surface area contributed by atoms with Crippen molar-refractivity contribution in [3.8, 4) is 0 Å². The van der Waals surface area contributed by atoms with E-state index in [2.05, 4.69) is 30.5 Å². The Morgan fingerprint density at radius 1 is 1.00 bits per heavy atom. The zero-order valence-electron chi connectivity index (χ0n) is 17.8. The monoisotopic (exact) mass is 393 g/mol. The predicted octanol–water partition coefficient (Wildman–Crippen LogP) is 4.81. The van der Waals surface area contributed by atoms with E-state index in [4.69, 9.17) is 0 Å². The molecule has 0 bridgehead atoms. The predicted molar refractivity (Wildman–Crippen MR) is 117 cm³/mol. The van der Waals surface area contributed by atoms with Crippen LogP contribution in [0.1, 0.15) is 52.4 Å². The standard InChI is InChI=1S/C24H31N3O2/c1-16-9-11-27(12-10-16)23(28)20-7-8-22(19(4)14-20)26-24(29)25-15-21-6-5-17(2)13-18(21)3/h5-8,13-14,16H,9-12,15H2,1-4H3,(H2,25,26,29). The Kier molecular flexibility index (Phi) is 6.57. The van der Waals surface area contributed by atoms with Crippen LogP contribution >= 0.6 is 0 Å². The molecular weight excluding hydrogens is 362 g/mol. The van der Waals surface area contributed by atoms with Gasteiger partial charge in [-0.2, -0.15) is 0 Å². The van der Waals surface area contributed by atoms with Gasteiger partial charge in [-0.05, 0) is 74.4 Å². The maximum Gasteiger partial charge on any atom is 0.319 e. The van der Waals surface area contributed by atoms with Crippen LogP contribution in [-0.4, -0.2) is 29.9 Å². The van der Waals surface area contributed by atoms with E-state index in [1.165, 1.54) is 5.56 Å². The summed E-state index contributed by atoms with van der Waals surface area (Å²) in [6.07, 6.45) is 2.12. The minimum Gasteiger partial charge on any atom is -0.339 e. The Morgan fingerprint density at radius 3 is 2.38 bits per heavy atom. The number of carbonyl (C=O) groups excluding carboxylic acids is 2. The molecule has 2 N–H and O–H groups in total. The second-order valence-corrected chi connectivity index (χ2v) is 8.24. The highest BCUT2D eigenvalue weighted by Crippen LogP contribution is 2.21. The summed E-state index contributed by atoms with van der Waals surface area (Å²) in [5.41, 5.74) is 5.74. The van der Waals surface area contributed by atoms with Gasteiger partial charge in [-0.25, -0.2) is 4.79 Å². The molecule has 1 aliphatic rings. The topological polar surface area (TPSA) is 61.4 Å². The smallest absolute Gasteiger partial charge is 0.319 e. The highest BCUT2D eigenvalue weighted by atomic mass is 16.2. The van der Waals surface area contributed by atoms with Crippen molar-refractivity contribution in [2.24, 2.45) is 5.92 Å². The van der Waals surface area contributed by atoms with Gasteiger partial charge < -0.3 is 15.5 Å². The molecule has 0 unspecified atom stereocenters. The number of hydrogen-bond acceptors (Lipinski definition) is 2. The van der Waals surface area contributed by atoms with Crippen LogP contribution in [0.15, 0.2) is 36.4 Å². The Hall–Kier alpha value is -2.82. The quantitative estimate of drug-likeness (QED) is 0.783. The third kappa shape index (κ3) is 5.37. The number of likely N-dealkylation sites (tertiary alicyclic amines) is 1. The Bertz CT molecular complexity index is 899. The number of hydrogen-bond donors (Lipinski definition) is 2. The lowest BCUT2D eigenvalue weighted by molar-refractivity contribution is 0.0697. The summed E-state index contributed by atoms with van der Waals surface area (Å²) in [6, 6.07) is 11.4. The molecule has 0 aromatic heterocycles. The molecule has 0 aliphatic carbocycles. The summed E-state index contributed by atoms with van der Waals surface area (Å²) < 4.78 is 0. The molecule has 1 heterocycles. The molecule has 3 rings (SSSR count). The SMILES string of the molecule is Cc1ccc(CNC(=O)Nc2ccc(C(=O)N3CCC(C)CC3)cc2C)c(C)c1. The lowest BCUT2D eigenvalue weighted by Gasteiger charge is -2.30. The van der Waals surface area contributed by atoms with Crippen molar-refractivity contribution in [1.82, 2.24) is 10.2 Å². The van der Waals surface area contributed by atoms with Gasteiger partial charge in [0.15, 0.2) is 0 Å². The first kappa shape index (κ1) is 20.9. The van der Waals surface area contributed by atoms with Crippen LogP contribution in [0.25, 0.3) is 0 Å². The van der Waals surface area contributed by atoms with Crippen LogP contribution < -0.4 is 10.6 Å². The van der Waals surface area contributed by atoms with Crippen molar-refractivity contribution in [2.45, 2.75) is 47.1 Å². The van der Waals surface area contributed by atoms with Gasteiger partial charge in [-0.15, -0.1) is 0 Å². The van der Waals surface area contributed by atoms with Gasteiger partial charge in [0.2, 0.25) is 0 Å². The molecule has 0 atom stereocenters. The van der Waals surface area contributed by atoms with Crippen molar-refractivity contribution in [1.29, 1.82) is 0 Å². The summed E-state index contributed by atoms with van der Waals surface area (Å²) in [6.45, 7) is 10.4. The second-order valence-electron chi connectivity index (χ2n) is 8.24. The lowest BCUT2D eigenvalue weighted by atomic mass is 9.98. The summed E-state index contributed by atoms with van der Waals surface area (Å²) in [7, 11) is 0. The fraction of sp³-hybridized carbons (Fsp3) is 0.417. The molecule has 0 saturated carbocycles. The Morgan fingerprint density at radius 2 is 1.72 bits per heavy atom. The minimum atomic E-state index is -0.253. The molecule has 0 spiro atoms. The van der Waals surface area contributed by atoms with Gasteiger partial charge in [0, 0.05) is 30.9 Å². The average Bonchev–Trinajstić information content (AvgIpc) is 2.69. The Labute approximate surface area is 173 Å². The van der Waals surface area contributed by atoms with Crippen molar-refractivity contribution in [3.63, 3.8) is 0 Å². The first-order valence-electron chi connectivity index (χ1n) is 10.3. The van der Waals surface area contributed by atoms with Gasteiger partial charge in [0.1, 0.15) is 0 Å². The first-order chi connectivity index (χ1) is 13.8. The number of benzene rings is 2. The third-order valence-electron chi connectivity index (χ3n) is 5.73. The zero-order valence-corrected chi connectivity index (χ0v) is 17.8. The van der Waals surface area contributed by atoms with Gasteiger partial charge >= 0.3 is 6.03 Å². The van der Waals surface area contributed by atoms with Crippen LogP contribution in [-0.2, 0) is 6.54 Å².